The molecule has 2 heterocycles. The van der Waals surface area contributed by atoms with E-state index in [2.05, 4.69) is 10.6 Å². The number of amides is 2. The summed E-state index contributed by atoms with van der Waals surface area (Å²) in [6.07, 6.45) is 0. The summed E-state index contributed by atoms with van der Waals surface area (Å²) in [4.78, 5) is 27.1. The molecule has 4 nitrogen and oxygen atoms in total. The zero-order valence-corrected chi connectivity index (χ0v) is 19.3. The van der Waals surface area contributed by atoms with Gasteiger partial charge in [-0.2, -0.15) is 0 Å². The maximum Gasteiger partial charge on any atom is 0.238 e. The van der Waals surface area contributed by atoms with Crippen LogP contribution < -0.4 is 10.6 Å². The van der Waals surface area contributed by atoms with Crippen molar-refractivity contribution in [2.45, 2.75) is 29.6 Å². The highest BCUT2D eigenvalue weighted by molar-refractivity contribution is 6.32. The van der Waals surface area contributed by atoms with E-state index in [0.29, 0.717) is 21.8 Å². The number of hydrogen-bond acceptors (Lipinski definition) is 2. The van der Waals surface area contributed by atoms with Gasteiger partial charge in [-0.15, -0.1) is 11.6 Å². The van der Waals surface area contributed by atoms with Gasteiger partial charge in [0, 0.05) is 29.1 Å². The molecule has 0 bridgehead atoms. The van der Waals surface area contributed by atoms with E-state index in [1.54, 1.807) is 24.3 Å². The predicted octanol–water partition coefficient (Wildman–Crippen LogP) is 5.28. The largest absolute Gasteiger partial charge is 0.354 e. The van der Waals surface area contributed by atoms with Crippen LogP contribution in [-0.4, -0.2) is 23.7 Å². The molecule has 1 fully saturated rings. The standard InChI is InChI=1S/C26H21Cl2FN2O2/c1-14-9-10-17(29)12-18(14)20-13-30-24(32)23(28)22(15-5-4-6-16(27)11-15)26(20)19-7-2-3-8-21(19)31-25(26)33/h2-12,20,22-23H,13H2,1H3,(H,30,32)(H,31,33)/t20-,22-,23?,26+/m1/s1. The van der Waals surface area contributed by atoms with Gasteiger partial charge in [0.15, 0.2) is 0 Å². The molecule has 1 spiro atoms. The second-order valence-corrected chi connectivity index (χ2v) is 9.51. The van der Waals surface area contributed by atoms with Crippen LogP contribution >= 0.6 is 23.2 Å². The SMILES string of the molecule is Cc1ccc(F)cc1[C@H]1CNC(=O)C(Cl)[C@@H](c2cccc(Cl)c2)[C@@]12C(=O)Nc1ccccc12. The second kappa shape index (κ2) is 8.15. The van der Waals surface area contributed by atoms with Crippen LogP contribution in [0.15, 0.2) is 66.7 Å². The molecule has 0 aromatic heterocycles. The minimum absolute atomic E-state index is 0.130. The summed E-state index contributed by atoms with van der Waals surface area (Å²) in [5.74, 6) is -2.39. The Labute approximate surface area is 201 Å². The zero-order chi connectivity index (χ0) is 23.3. The van der Waals surface area contributed by atoms with Gasteiger partial charge >= 0.3 is 0 Å². The molecule has 1 unspecified atom stereocenters. The van der Waals surface area contributed by atoms with Crippen LogP contribution in [-0.2, 0) is 15.0 Å². The van der Waals surface area contributed by atoms with E-state index >= 15 is 0 Å². The molecule has 0 aliphatic carbocycles. The molecule has 2 aliphatic heterocycles. The Kier molecular flexibility index (Phi) is 5.42. The topological polar surface area (TPSA) is 58.2 Å². The monoisotopic (exact) mass is 482 g/mol. The molecular weight excluding hydrogens is 462 g/mol. The first kappa shape index (κ1) is 21.9. The van der Waals surface area contributed by atoms with Gasteiger partial charge in [-0.05, 0) is 59.5 Å². The van der Waals surface area contributed by atoms with Gasteiger partial charge in [0.05, 0.1) is 5.41 Å². The van der Waals surface area contributed by atoms with Crippen molar-refractivity contribution in [1.29, 1.82) is 0 Å². The minimum atomic E-state index is -1.27. The van der Waals surface area contributed by atoms with Crippen molar-refractivity contribution in [3.8, 4) is 0 Å². The maximum absolute atomic E-state index is 14.5. The van der Waals surface area contributed by atoms with Crippen molar-refractivity contribution >= 4 is 40.7 Å². The Balaban J connectivity index is 1.88. The molecule has 3 aromatic rings. The third-order valence-corrected chi connectivity index (χ3v) is 7.57. The van der Waals surface area contributed by atoms with Gasteiger partial charge in [-0.1, -0.05) is 48.0 Å². The van der Waals surface area contributed by atoms with Crippen LogP contribution in [0.1, 0.15) is 34.1 Å². The number of fused-ring (bicyclic) bond motifs is 2. The van der Waals surface area contributed by atoms with Gasteiger partial charge in [-0.25, -0.2) is 4.39 Å². The highest BCUT2D eigenvalue weighted by atomic mass is 35.5. The molecule has 2 aliphatic rings. The predicted molar refractivity (Wildman–Crippen MR) is 127 cm³/mol. The first-order valence-electron chi connectivity index (χ1n) is 10.7. The fourth-order valence-electron chi connectivity index (χ4n) is 5.49. The van der Waals surface area contributed by atoms with Crippen molar-refractivity contribution in [2.75, 3.05) is 11.9 Å². The second-order valence-electron chi connectivity index (χ2n) is 8.60. The van der Waals surface area contributed by atoms with Crippen LogP contribution in [0, 0.1) is 12.7 Å². The zero-order valence-electron chi connectivity index (χ0n) is 17.7. The third kappa shape index (κ3) is 3.33. The summed E-state index contributed by atoms with van der Waals surface area (Å²) in [6, 6.07) is 19.0. The average Bonchev–Trinajstić information content (AvgIpc) is 3.02. The summed E-state index contributed by atoms with van der Waals surface area (Å²) >= 11 is 13.2. The number of rotatable bonds is 2. The molecule has 0 saturated carbocycles. The fraction of sp³-hybridized carbons (Fsp3) is 0.231. The van der Waals surface area contributed by atoms with Crippen LogP contribution in [0.2, 0.25) is 5.02 Å². The first-order valence-corrected chi connectivity index (χ1v) is 11.5. The summed E-state index contributed by atoms with van der Waals surface area (Å²) < 4.78 is 14.5. The summed E-state index contributed by atoms with van der Waals surface area (Å²) in [7, 11) is 0. The van der Waals surface area contributed by atoms with E-state index in [0.717, 1.165) is 11.1 Å². The highest BCUT2D eigenvalue weighted by Gasteiger charge is 2.62. The minimum Gasteiger partial charge on any atom is -0.354 e. The molecule has 2 amide bonds. The van der Waals surface area contributed by atoms with Gasteiger partial charge in [0.2, 0.25) is 11.8 Å². The molecule has 5 rings (SSSR count). The third-order valence-electron chi connectivity index (χ3n) is 6.88. The van der Waals surface area contributed by atoms with E-state index in [1.165, 1.54) is 12.1 Å². The Hall–Kier alpha value is -2.89. The molecule has 2 N–H and O–H groups in total. The Bertz CT molecular complexity index is 1280. The number of aryl methyl sites for hydroxylation is 1. The number of anilines is 1. The molecule has 0 radical (unpaired) electrons. The molecule has 33 heavy (non-hydrogen) atoms. The summed E-state index contributed by atoms with van der Waals surface area (Å²) in [5, 5.41) is 5.32. The summed E-state index contributed by atoms with van der Waals surface area (Å²) in [6.45, 7) is 2.01. The number of para-hydroxylation sites is 1. The number of carbonyl (C=O) groups excluding carboxylic acids is 2. The highest BCUT2D eigenvalue weighted by Crippen LogP contribution is 2.58. The van der Waals surface area contributed by atoms with Gasteiger partial charge in [0.1, 0.15) is 11.2 Å². The lowest BCUT2D eigenvalue weighted by molar-refractivity contribution is -0.123. The van der Waals surface area contributed by atoms with Crippen molar-refractivity contribution in [3.63, 3.8) is 0 Å². The van der Waals surface area contributed by atoms with E-state index in [9.17, 15) is 14.0 Å². The number of halogens is 3. The first-order chi connectivity index (χ1) is 15.8. The van der Waals surface area contributed by atoms with Gasteiger partial charge < -0.3 is 10.6 Å². The molecule has 4 atom stereocenters. The smallest absolute Gasteiger partial charge is 0.238 e. The van der Waals surface area contributed by atoms with Crippen molar-refractivity contribution in [3.05, 3.63) is 99.8 Å². The number of alkyl halides is 1. The van der Waals surface area contributed by atoms with E-state index in [-0.39, 0.29) is 18.4 Å². The fourth-order valence-corrected chi connectivity index (χ4v) is 6.11. The van der Waals surface area contributed by atoms with Crippen LogP contribution in [0.4, 0.5) is 10.1 Å². The summed E-state index contributed by atoms with van der Waals surface area (Å²) in [5.41, 5.74) is 2.27. The molecule has 1 saturated heterocycles. The van der Waals surface area contributed by atoms with Crippen molar-refractivity contribution in [1.82, 2.24) is 5.32 Å². The lowest BCUT2D eigenvalue weighted by Crippen LogP contribution is -2.49. The number of carbonyl (C=O) groups is 2. The van der Waals surface area contributed by atoms with Gasteiger partial charge in [0.25, 0.3) is 0 Å². The molecular formula is C26H21Cl2FN2O2. The molecule has 3 aromatic carbocycles. The molecule has 7 heteroatoms. The van der Waals surface area contributed by atoms with E-state index in [4.69, 9.17) is 23.2 Å². The number of nitrogens with one attached hydrogen (secondary N) is 2. The van der Waals surface area contributed by atoms with Crippen molar-refractivity contribution in [2.24, 2.45) is 0 Å². The Morgan fingerprint density at radius 3 is 2.61 bits per heavy atom. The maximum atomic E-state index is 14.5. The van der Waals surface area contributed by atoms with E-state index in [1.807, 2.05) is 37.3 Å². The van der Waals surface area contributed by atoms with Crippen LogP contribution in [0.25, 0.3) is 0 Å². The van der Waals surface area contributed by atoms with Crippen LogP contribution in [0.5, 0.6) is 0 Å². The van der Waals surface area contributed by atoms with Crippen LogP contribution in [0.3, 0.4) is 0 Å². The molecule has 168 valence electrons. The Morgan fingerprint density at radius 2 is 1.82 bits per heavy atom. The quantitative estimate of drug-likeness (QED) is 0.488. The number of hydrogen-bond donors (Lipinski definition) is 2. The lowest BCUT2D eigenvalue weighted by Gasteiger charge is -2.42. The average molecular weight is 483 g/mol. The lowest BCUT2D eigenvalue weighted by atomic mass is 9.58. The normalized spacial score (nSPS) is 26.5. The number of benzene rings is 3. The Morgan fingerprint density at radius 1 is 1.03 bits per heavy atom. The van der Waals surface area contributed by atoms with Gasteiger partial charge in [-0.3, -0.25) is 9.59 Å². The van der Waals surface area contributed by atoms with Crippen molar-refractivity contribution < 1.29 is 14.0 Å². The van der Waals surface area contributed by atoms with E-state index < -0.39 is 28.4 Å².